The summed E-state index contributed by atoms with van der Waals surface area (Å²) in [5.74, 6) is -0.766. The molecule has 2 aliphatic heterocycles. The zero-order chi connectivity index (χ0) is 12.5. The first kappa shape index (κ1) is 12.1. The summed E-state index contributed by atoms with van der Waals surface area (Å²) in [6.45, 7) is 3.54. The van der Waals surface area contributed by atoms with Gasteiger partial charge in [0.05, 0.1) is 0 Å². The van der Waals surface area contributed by atoms with Gasteiger partial charge in [0.1, 0.15) is 0 Å². The van der Waals surface area contributed by atoms with Crippen LogP contribution >= 0.6 is 0 Å². The van der Waals surface area contributed by atoms with Crippen molar-refractivity contribution in [2.24, 2.45) is 5.92 Å². The first-order valence-electron chi connectivity index (χ1n) is 6.62. The Morgan fingerprint density at radius 2 is 2.17 bits per heavy atom. The van der Waals surface area contributed by atoms with Gasteiger partial charge < -0.3 is 5.32 Å². The first-order chi connectivity index (χ1) is 8.74. The zero-order valence-electron chi connectivity index (χ0n) is 10.3. The highest BCUT2D eigenvalue weighted by molar-refractivity contribution is 5.19. The van der Waals surface area contributed by atoms with E-state index in [9.17, 15) is 8.78 Å². The SMILES string of the molecule is Fc1cccc(CN2CC3CCCNC3C2)c1F. The maximum absolute atomic E-state index is 13.6. The summed E-state index contributed by atoms with van der Waals surface area (Å²) in [6, 6.07) is 4.96. The van der Waals surface area contributed by atoms with Crippen LogP contribution < -0.4 is 5.32 Å². The fraction of sp³-hybridized carbons (Fsp3) is 0.571. The van der Waals surface area contributed by atoms with Gasteiger partial charge in [0.25, 0.3) is 0 Å². The van der Waals surface area contributed by atoms with Crippen molar-refractivity contribution in [2.75, 3.05) is 19.6 Å². The molecule has 1 N–H and O–H groups in total. The van der Waals surface area contributed by atoms with E-state index in [-0.39, 0.29) is 0 Å². The van der Waals surface area contributed by atoms with Crippen LogP contribution in [-0.2, 0) is 6.54 Å². The average molecular weight is 252 g/mol. The summed E-state index contributed by atoms with van der Waals surface area (Å²) in [5.41, 5.74) is 0.466. The van der Waals surface area contributed by atoms with E-state index < -0.39 is 11.6 Å². The monoisotopic (exact) mass is 252 g/mol. The number of nitrogens with zero attached hydrogens (tertiary/aromatic N) is 1. The lowest BCUT2D eigenvalue weighted by Gasteiger charge is -2.24. The van der Waals surface area contributed by atoms with Crippen LogP contribution in [-0.4, -0.2) is 30.6 Å². The summed E-state index contributed by atoms with van der Waals surface area (Å²) in [7, 11) is 0. The molecule has 3 rings (SSSR count). The number of halogens is 2. The van der Waals surface area contributed by atoms with Crippen LogP contribution in [0, 0.1) is 17.6 Å². The normalized spacial score (nSPS) is 28.3. The lowest BCUT2D eigenvalue weighted by Crippen LogP contribution is -2.40. The van der Waals surface area contributed by atoms with E-state index in [1.807, 2.05) is 0 Å². The van der Waals surface area contributed by atoms with Crippen molar-refractivity contribution in [1.82, 2.24) is 10.2 Å². The summed E-state index contributed by atoms with van der Waals surface area (Å²) in [6.07, 6.45) is 2.48. The molecule has 2 saturated heterocycles. The summed E-state index contributed by atoms with van der Waals surface area (Å²) in [4.78, 5) is 2.23. The lowest BCUT2D eigenvalue weighted by molar-refractivity contribution is 0.306. The minimum absolute atomic E-state index is 0.466. The highest BCUT2D eigenvalue weighted by Crippen LogP contribution is 2.26. The van der Waals surface area contributed by atoms with Gasteiger partial charge in [-0.05, 0) is 31.4 Å². The van der Waals surface area contributed by atoms with Gasteiger partial charge in [-0.15, -0.1) is 0 Å². The number of likely N-dealkylation sites (tertiary alicyclic amines) is 1. The molecule has 2 aliphatic rings. The maximum Gasteiger partial charge on any atom is 0.163 e. The van der Waals surface area contributed by atoms with Crippen molar-refractivity contribution in [3.63, 3.8) is 0 Å². The molecule has 0 saturated carbocycles. The van der Waals surface area contributed by atoms with E-state index in [0.29, 0.717) is 24.1 Å². The molecular formula is C14H18F2N2. The van der Waals surface area contributed by atoms with Gasteiger partial charge in [0, 0.05) is 31.2 Å². The summed E-state index contributed by atoms with van der Waals surface area (Å²) >= 11 is 0. The van der Waals surface area contributed by atoms with E-state index in [4.69, 9.17) is 0 Å². The molecule has 0 radical (unpaired) electrons. The molecule has 2 fully saturated rings. The molecule has 0 aliphatic carbocycles. The van der Waals surface area contributed by atoms with Crippen molar-refractivity contribution < 1.29 is 8.78 Å². The molecule has 0 aromatic heterocycles. The van der Waals surface area contributed by atoms with Crippen molar-refractivity contribution in [2.45, 2.75) is 25.4 Å². The fourth-order valence-electron chi connectivity index (χ4n) is 3.18. The minimum atomic E-state index is -0.748. The molecule has 1 aromatic carbocycles. The first-order valence-corrected chi connectivity index (χ1v) is 6.62. The third-order valence-electron chi connectivity index (χ3n) is 4.10. The van der Waals surface area contributed by atoms with Crippen LogP contribution in [0.3, 0.4) is 0 Å². The van der Waals surface area contributed by atoms with Crippen LogP contribution in [0.2, 0.25) is 0 Å². The molecule has 2 atom stereocenters. The van der Waals surface area contributed by atoms with Crippen molar-refractivity contribution in [1.29, 1.82) is 0 Å². The highest BCUT2D eigenvalue weighted by Gasteiger charge is 2.34. The van der Waals surface area contributed by atoms with E-state index in [1.54, 1.807) is 12.1 Å². The molecule has 18 heavy (non-hydrogen) atoms. The van der Waals surface area contributed by atoms with Gasteiger partial charge in [-0.25, -0.2) is 8.78 Å². The molecule has 0 bridgehead atoms. The van der Waals surface area contributed by atoms with E-state index in [0.717, 1.165) is 19.6 Å². The number of fused-ring (bicyclic) bond motifs is 1. The Balaban J connectivity index is 1.68. The second-order valence-corrected chi connectivity index (χ2v) is 5.37. The van der Waals surface area contributed by atoms with Gasteiger partial charge in [-0.3, -0.25) is 4.90 Å². The molecule has 4 heteroatoms. The third-order valence-corrected chi connectivity index (χ3v) is 4.10. The van der Waals surface area contributed by atoms with Gasteiger partial charge in [-0.2, -0.15) is 0 Å². The van der Waals surface area contributed by atoms with Crippen molar-refractivity contribution >= 4 is 0 Å². The predicted molar refractivity (Wildman–Crippen MR) is 66.1 cm³/mol. The third kappa shape index (κ3) is 2.27. The summed E-state index contributed by atoms with van der Waals surface area (Å²) in [5, 5.41) is 3.51. The minimum Gasteiger partial charge on any atom is -0.312 e. The number of nitrogens with one attached hydrogen (secondary N) is 1. The van der Waals surface area contributed by atoms with E-state index in [2.05, 4.69) is 10.2 Å². The second-order valence-electron chi connectivity index (χ2n) is 5.37. The van der Waals surface area contributed by atoms with Gasteiger partial charge in [-0.1, -0.05) is 12.1 Å². The smallest absolute Gasteiger partial charge is 0.163 e. The molecular weight excluding hydrogens is 234 g/mol. The molecule has 2 nitrogen and oxygen atoms in total. The Morgan fingerprint density at radius 1 is 1.28 bits per heavy atom. The number of hydrogen-bond donors (Lipinski definition) is 1. The quantitative estimate of drug-likeness (QED) is 0.867. The average Bonchev–Trinajstić information content (AvgIpc) is 2.77. The van der Waals surface area contributed by atoms with Gasteiger partial charge >= 0.3 is 0 Å². The van der Waals surface area contributed by atoms with Gasteiger partial charge in [0.15, 0.2) is 11.6 Å². The molecule has 0 spiro atoms. The van der Waals surface area contributed by atoms with Crippen molar-refractivity contribution in [3.05, 3.63) is 35.4 Å². The van der Waals surface area contributed by atoms with Crippen LogP contribution in [0.15, 0.2) is 18.2 Å². The highest BCUT2D eigenvalue weighted by atomic mass is 19.2. The maximum atomic E-state index is 13.6. The van der Waals surface area contributed by atoms with E-state index in [1.165, 1.54) is 18.9 Å². The number of benzene rings is 1. The lowest BCUT2D eigenvalue weighted by atomic mass is 9.94. The van der Waals surface area contributed by atoms with Crippen LogP contribution in [0.25, 0.3) is 0 Å². The Morgan fingerprint density at radius 3 is 3.00 bits per heavy atom. The zero-order valence-corrected chi connectivity index (χ0v) is 10.3. The Kier molecular flexibility index (Phi) is 3.31. The number of rotatable bonds is 2. The summed E-state index contributed by atoms with van der Waals surface area (Å²) < 4.78 is 26.8. The topological polar surface area (TPSA) is 15.3 Å². The largest absolute Gasteiger partial charge is 0.312 e. The fourth-order valence-corrected chi connectivity index (χ4v) is 3.18. The molecule has 0 amide bonds. The molecule has 98 valence electrons. The Bertz CT molecular complexity index is 422. The van der Waals surface area contributed by atoms with Gasteiger partial charge in [0.2, 0.25) is 0 Å². The Labute approximate surface area is 106 Å². The standard InChI is InChI=1S/C14H18F2N2/c15-12-5-1-3-11(14(12)16)8-18-7-10-4-2-6-17-13(10)9-18/h1,3,5,10,13,17H,2,4,6-9H2. The second kappa shape index (κ2) is 4.94. The predicted octanol–water partition coefficient (Wildman–Crippen LogP) is 2.15. The number of piperidine rings is 1. The van der Waals surface area contributed by atoms with Crippen molar-refractivity contribution in [3.8, 4) is 0 Å². The van der Waals surface area contributed by atoms with Crippen LogP contribution in [0.5, 0.6) is 0 Å². The van der Waals surface area contributed by atoms with E-state index >= 15 is 0 Å². The van der Waals surface area contributed by atoms with Crippen LogP contribution in [0.1, 0.15) is 18.4 Å². The molecule has 1 aromatic rings. The van der Waals surface area contributed by atoms with Crippen LogP contribution in [0.4, 0.5) is 8.78 Å². The molecule has 2 unspecified atom stereocenters. The Hall–Kier alpha value is -1.00. The number of hydrogen-bond acceptors (Lipinski definition) is 2. The molecule has 2 heterocycles.